The van der Waals surface area contributed by atoms with Crippen LogP contribution in [0.3, 0.4) is 0 Å². The van der Waals surface area contributed by atoms with Crippen LogP contribution in [0, 0.1) is 11.6 Å². The molecule has 1 amide bonds. The number of amides is 1. The Balaban J connectivity index is 1.70. The smallest absolute Gasteiger partial charge is 0.434 e. The Kier molecular flexibility index (Phi) is 11.2. The molecule has 2 aromatic carbocycles. The SMILES string of the molecule is COCC(C)Nc1cc(N(C)C[C@H](C)N(C)C)ccc1C(=O)Nc1nn(C(=O)OC)c2c1CN(S(=O)(=O)c1cc(F)cc(F)c1)CC2. The predicted octanol–water partition coefficient (Wildman–Crippen LogP) is 3.61. The fraction of sp³-hybridized carbons (Fsp3) is 0.452. The first kappa shape index (κ1) is 35.7. The summed E-state index contributed by atoms with van der Waals surface area (Å²) in [4.78, 5) is 30.1. The topological polar surface area (TPSA) is 138 Å². The van der Waals surface area contributed by atoms with E-state index in [9.17, 15) is 26.8 Å². The lowest BCUT2D eigenvalue weighted by Crippen LogP contribution is -2.37. The Hall–Kier alpha value is -4.12. The highest BCUT2D eigenvalue weighted by molar-refractivity contribution is 7.89. The Morgan fingerprint density at radius 1 is 1.06 bits per heavy atom. The van der Waals surface area contributed by atoms with E-state index in [4.69, 9.17) is 9.47 Å². The van der Waals surface area contributed by atoms with Gasteiger partial charge in [-0.2, -0.15) is 8.99 Å². The van der Waals surface area contributed by atoms with E-state index in [1.165, 1.54) is 7.11 Å². The predicted molar refractivity (Wildman–Crippen MR) is 173 cm³/mol. The molecule has 1 aliphatic rings. The number of nitrogens with zero attached hydrogens (tertiary/aromatic N) is 5. The lowest BCUT2D eigenvalue weighted by Gasteiger charge is -2.28. The number of halogens is 2. The van der Waals surface area contributed by atoms with Gasteiger partial charge in [-0.3, -0.25) is 4.79 Å². The molecule has 0 saturated heterocycles. The van der Waals surface area contributed by atoms with Crippen LogP contribution < -0.4 is 15.5 Å². The number of fused-ring (bicyclic) bond motifs is 1. The standard InChI is InChI=1S/C31H41F2N7O6S/c1-19(18-45-6)34-27-15-23(38(5)16-20(2)37(3)4)8-9-25(27)30(41)35-29-26-17-39(11-10-28(26)40(36-29)31(42)46-7)47(43,44)24-13-21(32)12-22(33)14-24/h8-9,12-15,19-20,34H,10-11,16-18H2,1-7H3,(H,35,36,41)/t19?,20-/m0/s1. The third-order valence-corrected chi connectivity index (χ3v) is 9.83. The summed E-state index contributed by atoms with van der Waals surface area (Å²) >= 11 is 0. The van der Waals surface area contributed by atoms with Crippen molar-refractivity contribution >= 4 is 39.2 Å². The van der Waals surface area contributed by atoms with Gasteiger partial charge in [0.1, 0.15) is 11.6 Å². The first-order valence-corrected chi connectivity index (χ1v) is 16.3. The largest absolute Gasteiger partial charge is 0.451 e. The van der Waals surface area contributed by atoms with Gasteiger partial charge in [-0.05, 0) is 58.3 Å². The summed E-state index contributed by atoms with van der Waals surface area (Å²) in [7, 11) is 4.35. The van der Waals surface area contributed by atoms with Crippen LogP contribution in [0.5, 0.6) is 0 Å². The summed E-state index contributed by atoms with van der Waals surface area (Å²) in [5.41, 5.74) is 2.23. The van der Waals surface area contributed by atoms with Crippen LogP contribution in [-0.2, 0) is 32.5 Å². The van der Waals surface area contributed by atoms with Gasteiger partial charge in [-0.1, -0.05) is 0 Å². The van der Waals surface area contributed by atoms with E-state index in [2.05, 4.69) is 32.5 Å². The zero-order valence-corrected chi connectivity index (χ0v) is 28.3. The molecule has 2 heterocycles. The van der Waals surface area contributed by atoms with Crippen molar-refractivity contribution in [2.75, 3.05) is 70.6 Å². The molecule has 1 aromatic heterocycles. The fourth-order valence-corrected chi connectivity index (χ4v) is 6.70. The molecule has 0 saturated carbocycles. The summed E-state index contributed by atoms with van der Waals surface area (Å²) < 4.78 is 66.8. The Morgan fingerprint density at radius 2 is 1.74 bits per heavy atom. The summed E-state index contributed by atoms with van der Waals surface area (Å²) in [6.45, 7) is 4.67. The van der Waals surface area contributed by atoms with Crippen molar-refractivity contribution in [3.63, 3.8) is 0 Å². The van der Waals surface area contributed by atoms with Gasteiger partial charge in [-0.25, -0.2) is 22.0 Å². The fourth-order valence-electron chi connectivity index (χ4n) is 5.25. The molecule has 0 spiro atoms. The van der Waals surface area contributed by atoms with Gasteiger partial charge in [0.15, 0.2) is 5.82 Å². The number of anilines is 3. The molecule has 256 valence electrons. The molecule has 47 heavy (non-hydrogen) atoms. The number of benzene rings is 2. The Labute approximate surface area is 273 Å². The van der Waals surface area contributed by atoms with Crippen molar-refractivity contribution in [2.45, 2.75) is 43.8 Å². The molecule has 0 radical (unpaired) electrons. The van der Waals surface area contributed by atoms with Crippen molar-refractivity contribution in [2.24, 2.45) is 0 Å². The Bertz CT molecular complexity index is 1710. The average Bonchev–Trinajstić information content (AvgIpc) is 3.37. The minimum Gasteiger partial charge on any atom is -0.451 e. The van der Waals surface area contributed by atoms with Crippen LogP contribution in [0.4, 0.5) is 30.8 Å². The van der Waals surface area contributed by atoms with E-state index in [1.807, 2.05) is 40.2 Å². The molecular weight excluding hydrogens is 636 g/mol. The lowest BCUT2D eigenvalue weighted by molar-refractivity contribution is 0.102. The highest BCUT2D eigenvalue weighted by Gasteiger charge is 2.35. The van der Waals surface area contributed by atoms with Gasteiger partial charge in [0, 0.05) is 75.3 Å². The van der Waals surface area contributed by atoms with Crippen molar-refractivity contribution < 1.29 is 36.3 Å². The van der Waals surface area contributed by atoms with Crippen LogP contribution in [0.15, 0.2) is 41.3 Å². The van der Waals surface area contributed by atoms with E-state index in [0.29, 0.717) is 24.1 Å². The highest BCUT2D eigenvalue weighted by atomic mass is 32.2. The normalized spacial score (nSPS) is 14.8. The molecule has 2 N–H and O–H groups in total. The molecule has 1 unspecified atom stereocenters. The number of aromatic nitrogens is 2. The number of methoxy groups -OCH3 is 2. The van der Waals surface area contributed by atoms with E-state index in [1.54, 1.807) is 13.2 Å². The molecule has 4 rings (SSSR count). The molecule has 13 nitrogen and oxygen atoms in total. The Morgan fingerprint density at radius 3 is 2.36 bits per heavy atom. The van der Waals surface area contributed by atoms with Gasteiger partial charge in [-0.15, -0.1) is 5.10 Å². The number of carbonyl (C=O) groups is 2. The zero-order valence-electron chi connectivity index (χ0n) is 27.5. The maximum absolute atomic E-state index is 13.9. The number of rotatable bonds is 12. The number of hydrogen-bond donors (Lipinski definition) is 2. The molecule has 0 aliphatic carbocycles. The monoisotopic (exact) mass is 677 g/mol. The van der Waals surface area contributed by atoms with E-state index in [0.717, 1.165) is 33.4 Å². The van der Waals surface area contributed by atoms with E-state index < -0.39 is 38.6 Å². The molecule has 0 fully saturated rings. The number of sulfonamides is 1. The molecular formula is C31H41F2N7O6S. The summed E-state index contributed by atoms with van der Waals surface area (Å²) in [6.07, 6.45) is -0.821. The minimum absolute atomic E-state index is 0.0120. The number of carbonyl (C=O) groups excluding carboxylic acids is 2. The second kappa shape index (κ2) is 14.8. The second-order valence-corrected chi connectivity index (χ2v) is 13.7. The van der Waals surface area contributed by atoms with Gasteiger partial charge in [0.25, 0.3) is 5.91 Å². The first-order chi connectivity index (χ1) is 22.2. The maximum atomic E-state index is 13.9. The van der Waals surface area contributed by atoms with E-state index in [-0.39, 0.29) is 48.5 Å². The number of ether oxygens (including phenoxy) is 2. The van der Waals surface area contributed by atoms with Crippen molar-refractivity contribution in [3.05, 3.63) is 64.9 Å². The highest BCUT2D eigenvalue weighted by Crippen LogP contribution is 2.32. The van der Waals surface area contributed by atoms with Gasteiger partial charge in [0.2, 0.25) is 10.0 Å². The van der Waals surface area contributed by atoms with Crippen molar-refractivity contribution in [1.82, 2.24) is 19.0 Å². The molecule has 2 atom stereocenters. The summed E-state index contributed by atoms with van der Waals surface area (Å²) in [6, 6.07) is 7.48. The summed E-state index contributed by atoms with van der Waals surface area (Å²) in [5, 5.41) is 10.3. The number of nitrogens with one attached hydrogen (secondary N) is 2. The van der Waals surface area contributed by atoms with Crippen LogP contribution >= 0.6 is 0 Å². The lowest BCUT2D eigenvalue weighted by atomic mass is 10.1. The molecule has 1 aliphatic heterocycles. The van der Waals surface area contributed by atoms with Gasteiger partial charge >= 0.3 is 6.09 Å². The third-order valence-electron chi connectivity index (χ3n) is 8.00. The second-order valence-electron chi connectivity index (χ2n) is 11.7. The number of likely N-dealkylation sites (N-methyl/N-ethyl adjacent to an activating group) is 2. The average molecular weight is 678 g/mol. The van der Waals surface area contributed by atoms with Crippen LogP contribution in [0.25, 0.3) is 0 Å². The quantitative estimate of drug-likeness (QED) is 0.293. The van der Waals surface area contributed by atoms with E-state index >= 15 is 0 Å². The summed E-state index contributed by atoms with van der Waals surface area (Å²) in [5.74, 6) is -2.71. The third kappa shape index (κ3) is 8.06. The molecule has 0 bridgehead atoms. The van der Waals surface area contributed by atoms with Gasteiger partial charge < -0.3 is 29.9 Å². The van der Waals surface area contributed by atoms with Crippen LogP contribution in [0.2, 0.25) is 0 Å². The van der Waals surface area contributed by atoms with Crippen molar-refractivity contribution in [3.8, 4) is 0 Å². The molecule has 3 aromatic rings. The maximum Gasteiger partial charge on any atom is 0.434 e. The molecule has 16 heteroatoms. The van der Waals surface area contributed by atoms with Crippen LogP contribution in [0.1, 0.15) is 35.5 Å². The van der Waals surface area contributed by atoms with Crippen LogP contribution in [-0.4, -0.2) is 107 Å². The minimum atomic E-state index is -4.36. The number of hydrogen-bond acceptors (Lipinski definition) is 10. The van der Waals surface area contributed by atoms with Crippen molar-refractivity contribution in [1.29, 1.82) is 0 Å². The first-order valence-electron chi connectivity index (χ1n) is 14.9. The van der Waals surface area contributed by atoms with Gasteiger partial charge in [0.05, 0.1) is 29.9 Å². The zero-order chi connectivity index (χ0) is 34.6.